The van der Waals surface area contributed by atoms with E-state index in [1.165, 1.54) is 154 Å². The largest absolute Gasteiger partial charge is 0.0622 e. The van der Waals surface area contributed by atoms with Crippen LogP contribution in [0.2, 0.25) is 0 Å². The van der Waals surface area contributed by atoms with Gasteiger partial charge in [0.2, 0.25) is 0 Å². The third-order valence-electron chi connectivity index (χ3n) is 17.1. The number of rotatable bonds is 8. The second-order valence-corrected chi connectivity index (χ2v) is 21.9. The van der Waals surface area contributed by atoms with Gasteiger partial charge >= 0.3 is 0 Å². The first kappa shape index (κ1) is 46.4. The van der Waals surface area contributed by atoms with Crippen LogP contribution in [-0.2, 0) is 5.41 Å². The molecule has 0 fully saturated rings. The molecule has 0 atom stereocenters. The number of benzene rings is 14. The lowest BCUT2D eigenvalue weighted by Gasteiger charge is -2.23. The summed E-state index contributed by atoms with van der Waals surface area (Å²) in [4.78, 5) is 0. The molecule has 0 amide bonds. The SMILES string of the molecule is CC1(C)c2ccccc2-c2ccc(-c3c4cc(-c5ccccc5)ccc4c(-c4ccc(-c5c6ccc(-c7ccccc7)cc6c(-c6ccccc6)c6cc(-c7ccccc7)ccc56)cc4)c4ccc(-c5ccccc5)cc34)cc21. The van der Waals surface area contributed by atoms with Gasteiger partial charge in [0.25, 0.3) is 0 Å². The second kappa shape index (κ2) is 18.7. The molecule has 1 aliphatic rings. The van der Waals surface area contributed by atoms with Crippen molar-refractivity contribution in [3.8, 4) is 100 Å². The fourth-order valence-electron chi connectivity index (χ4n) is 13.2. The van der Waals surface area contributed by atoms with Crippen LogP contribution in [0.3, 0.4) is 0 Å². The summed E-state index contributed by atoms with van der Waals surface area (Å²) in [6.45, 7) is 4.78. The molecule has 79 heavy (non-hydrogen) atoms. The van der Waals surface area contributed by atoms with Gasteiger partial charge in [0.1, 0.15) is 0 Å². The van der Waals surface area contributed by atoms with E-state index in [0.29, 0.717) is 0 Å². The van der Waals surface area contributed by atoms with Crippen LogP contribution < -0.4 is 0 Å². The molecule has 0 heteroatoms. The summed E-state index contributed by atoms with van der Waals surface area (Å²) in [5.41, 5.74) is 24.7. The summed E-state index contributed by atoms with van der Waals surface area (Å²) < 4.78 is 0. The zero-order chi connectivity index (χ0) is 52.6. The first-order valence-electron chi connectivity index (χ1n) is 27.6. The average Bonchev–Trinajstić information content (AvgIpc) is 3.89. The van der Waals surface area contributed by atoms with Gasteiger partial charge in [-0.3, -0.25) is 0 Å². The normalized spacial score (nSPS) is 12.5. The minimum absolute atomic E-state index is 0.146. The summed E-state index contributed by atoms with van der Waals surface area (Å²) in [5.74, 6) is 0. The lowest BCUT2D eigenvalue weighted by molar-refractivity contribution is 0.660. The van der Waals surface area contributed by atoms with E-state index in [0.717, 1.165) is 0 Å². The highest BCUT2D eigenvalue weighted by molar-refractivity contribution is 6.24. The predicted octanol–water partition coefficient (Wildman–Crippen LogP) is 21.9. The first-order valence-corrected chi connectivity index (χ1v) is 27.6. The van der Waals surface area contributed by atoms with Gasteiger partial charge in [0.15, 0.2) is 0 Å². The van der Waals surface area contributed by atoms with E-state index in [-0.39, 0.29) is 5.41 Å². The lowest BCUT2D eigenvalue weighted by atomic mass is 9.80. The van der Waals surface area contributed by atoms with Crippen LogP contribution in [0, 0.1) is 0 Å². The van der Waals surface area contributed by atoms with Crippen molar-refractivity contribution in [2.24, 2.45) is 0 Å². The Morgan fingerprint density at radius 3 is 0.823 bits per heavy atom. The number of hydrogen-bond donors (Lipinski definition) is 0. The van der Waals surface area contributed by atoms with Crippen molar-refractivity contribution in [1.82, 2.24) is 0 Å². The third-order valence-corrected chi connectivity index (χ3v) is 17.1. The second-order valence-electron chi connectivity index (χ2n) is 21.9. The molecule has 0 bridgehead atoms. The van der Waals surface area contributed by atoms with E-state index in [9.17, 15) is 0 Å². The van der Waals surface area contributed by atoms with Crippen LogP contribution in [0.4, 0.5) is 0 Å². The molecule has 14 aromatic carbocycles. The molecule has 0 aromatic heterocycles. The van der Waals surface area contributed by atoms with Gasteiger partial charge in [0.05, 0.1) is 0 Å². The predicted molar refractivity (Wildman–Crippen MR) is 338 cm³/mol. The standard InChI is InChI=1S/C79H54/c1-79(2)73-31-19-18-30-63(73)64-41-40-62(50-74(64)79)78-71-48-60(53-24-12-5-13-25-53)38-44-67(71)76(68-45-39-61(49-72(68)78)54-26-14-6-15-27-54)57-34-32-56(33-35-57)75-65-42-36-58(51-20-8-3-9-21-51)46-69(65)77(55-28-16-7-17-29-55)70-47-59(37-43-66(70)75)52-22-10-4-11-23-52/h3-50H,1-2H3. The Morgan fingerprint density at radius 2 is 0.443 bits per heavy atom. The molecule has 0 saturated heterocycles. The fourth-order valence-corrected chi connectivity index (χ4v) is 13.2. The van der Waals surface area contributed by atoms with E-state index in [1.54, 1.807) is 0 Å². The van der Waals surface area contributed by atoms with Crippen LogP contribution in [0.1, 0.15) is 25.0 Å². The van der Waals surface area contributed by atoms with Crippen LogP contribution in [0.25, 0.3) is 143 Å². The highest BCUT2D eigenvalue weighted by Crippen LogP contribution is 2.53. The van der Waals surface area contributed by atoms with Gasteiger partial charge in [-0.25, -0.2) is 0 Å². The van der Waals surface area contributed by atoms with Crippen molar-refractivity contribution >= 4 is 43.1 Å². The van der Waals surface area contributed by atoms with E-state index >= 15 is 0 Å². The van der Waals surface area contributed by atoms with Crippen LogP contribution in [0.15, 0.2) is 291 Å². The maximum absolute atomic E-state index is 2.51. The smallest absolute Gasteiger partial charge is 0.0159 e. The van der Waals surface area contributed by atoms with Gasteiger partial charge in [-0.05, 0) is 185 Å². The molecule has 0 saturated carbocycles. The Hall–Kier alpha value is -9.88. The molecule has 0 radical (unpaired) electrons. The molecule has 1 aliphatic carbocycles. The number of fused-ring (bicyclic) bond motifs is 7. The molecule has 0 N–H and O–H groups in total. The Labute approximate surface area is 462 Å². The molecule has 370 valence electrons. The van der Waals surface area contributed by atoms with Crippen molar-refractivity contribution in [3.63, 3.8) is 0 Å². The summed E-state index contributed by atoms with van der Waals surface area (Å²) >= 11 is 0. The summed E-state index contributed by atoms with van der Waals surface area (Å²) in [5, 5.41) is 9.87. The van der Waals surface area contributed by atoms with E-state index in [2.05, 4.69) is 305 Å². The average molecular weight is 1000 g/mol. The highest BCUT2D eigenvalue weighted by Gasteiger charge is 2.35. The minimum atomic E-state index is -0.146. The molecule has 14 aromatic rings. The van der Waals surface area contributed by atoms with E-state index in [1.807, 2.05) is 0 Å². The first-order chi connectivity index (χ1) is 38.9. The van der Waals surface area contributed by atoms with Crippen molar-refractivity contribution in [3.05, 3.63) is 302 Å². The quantitative estimate of drug-likeness (QED) is 0.133. The van der Waals surface area contributed by atoms with Crippen molar-refractivity contribution in [2.45, 2.75) is 19.3 Å². The highest BCUT2D eigenvalue weighted by atomic mass is 14.4. The fraction of sp³-hybridized carbons (Fsp3) is 0.0380. The van der Waals surface area contributed by atoms with E-state index < -0.39 is 0 Å². The van der Waals surface area contributed by atoms with Crippen molar-refractivity contribution < 1.29 is 0 Å². The van der Waals surface area contributed by atoms with Crippen LogP contribution >= 0.6 is 0 Å². The van der Waals surface area contributed by atoms with Crippen LogP contribution in [0.5, 0.6) is 0 Å². The lowest BCUT2D eigenvalue weighted by Crippen LogP contribution is -2.14. The molecule has 0 spiro atoms. The van der Waals surface area contributed by atoms with Gasteiger partial charge in [-0.2, -0.15) is 0 Å². The summed E-state index contributed by atoms with van der Waals surface area (Å²) in [6, 6.07) is 109. The van der Waals surface area contributed by atoms with Crippen molar-refractivity contribution in [1.29, 1.82) is 0 Å². The molecule has 0 heterocycles. The maximum atomic E-state index is 2.51. The Morgan fingerprint density at radius 1 is 0.177 bits per heavy atom. The zero-order valence-corrected chi connectivity index (χ0v) is 44.2. The van der Waals surface area contributed by atoms with Gasteiger partial charge in [0, 0.05) is 5.41 Å². The molecule has 0 nitrogen and oxygen atoms in total. The van der Waals surface area contributed by atoms with Crippen molar-refractivity contribution in [2.75, 3.05) is 0 Å². The monoisotopic (exact) mass is 1000 g/mol. The topological polar surface area (TPSA) is 0 Å². The zero-order valence-electron chi connectivity index (χ0n) is 44.2. The number of hydrogen-bond acceptors (Lipinski definition) is 0. The molecular formula is C79H54. The molecule has 0 aliphatic heterocycles. The summed E-state index contributed by atoms with van der Waals surface area (Å²) in [7, 11) is 0. The minimum Gasteiger partial charge on any atom is -0.0622 e. The van der Waals surface area contributed by atoms with Crippen LogP contribution in [-0.4, -0.2) is 0 Å². The summed E-state index contributed by atoms with van der Waals surface area (Å²) in [6.07, 6.45) is 0. The van der Waals surface area contributed by atoms with Gasteiger partial charge in [-0.15, -0.1) is 0 Å². The van der Waals surface area contributed by atoms with Gasteiger partial charge < -0.3 is 0 Å². The molecule has 15 rings (SSSR count). The molecular weight excluding hydrogens is 949 g/mol. The third kappa shape index (κ3) is 7.74. The maximum Gasteiger partial charge on any atom is 0.0159 e. The van der Waals surface area contributed by atoms with Gasteiger partial charge in [-0.1, -0.05) is 275 Å². The molecule has 0 unspecified atom stereocenters. The Kier molecular flexibility index (Phi) is 11.0. The Bertz CT molecular complexity index is 4470. The van der Waals surface area contributed by atoms with E-state index in [4.69, 9.17) is 0 Å². The Balaban J connectivity index is 0.985.